The first-order valence-corrected chi connectivity index (χ1v) is 8.45. The summed E-state index contributed by atoms with van der Waals surface area (Å²) in [6.07, 6.45) is 4.16. The normalized spacial score (nSPS) is 20.0. The number of nitrogens with zero attached hydrogens (tertiary/aromatic N) is 1. The van der Waals surface area contributed by atoms with Crippen LogP contribution < -0.4 is 15.5 Å². The molecular weight excluding hydrogens is 322 g/mol. The molecule has 1 aromatic rings. The molecule has 7 nitrogen and oxygen atoms in total. The van der Waals surface area contributed by atoms with E-state index in [1.54, 1.807) is 7.11 Å². The molecule has 0 aliphatic carbocycles. The number of hydrogen-bond acceptors (Lipinski definition) is 5. The first kappa shape index (κ1) is 17.3. The second kappa shape index (κ2) is 8.02. The molecule has 2 heterocycles. The molecule has 0 saturated carbocycles. The lowest BCUT2D eigenvalue weighted by Crippen LogP contribution is -2.50. The number of amides is 2. The fraction of sp³-hybridized carbons (Fsp3) is 0.444. The Kier molecular flexibility index (Phi) is 5.55. The predicted octanol–water partition coefficient (Wildman–Crippen LogP) is 1.07. The third-order valence-corrected chi connectivity index (χ3v) is 4.29. The van der Waals surface area contributed by atoms with Crippen LogP contribution in [0.25, 0.3) is 5.70 Å². The number of nitrogens with one attached hydrogen (secondary N) is 2. The van der Waals surface area contributed by atoms with Crippen molar-refractivity contribution in [1.82, 2.24) is 15.8 Å². The minimum atomic E-state index is -0.202. The molecule has 1 unspecified atom stereocenters. The second-order valence-electron chi connectivity index (χ2n) is 6.08. The molecule has 1 aromatic carbocycles. The average molecular weight is 345 g/mol. The summed E-state index contributed by atoms with van der Waals surface area (Å²) in [5.74, 6) is 0.429. The third kappa shape index (κ3) is 4.51. The van der Waals surface area contributed by atoms with E-state index in [0.717, 1.165) is 36.5 Å². The molecule has 25 heavy (non-hydrogen) atoms. The summed E-state index contributed by atoms with van der Waals surface area (Å²) in [4.78, 5) is 24.2. The van der Waals surface area contributed by atoms with Crippen molar-refractivity contribution in [1.29, 1.82) is 0 Å². The van der Waals surface area contributed by atoms with Crippen molar-refractivity contribution in [2.45, 2.75) is 25.4 Å². The Labute approximate surface area is 146 Å². The second-order valence-corrected chi connectivity index (χ2v) is 6.08. The summed E-state index contributed by atoms with van der Waals surface area (Å²) >= 11 is 0. The van der Waals surface area contributed by atoms with Crippen molar-refractivity contribution in [2.24, 2.45) is 0 Å². The number of carbonyl (C=O) groups excluding carboxylic acids is 2. The van der Waals surface area contributed by atoms with E-state index in [1.807, 2.05) is 30.3 Å². The summed E-state index contributed by atoms with van der Waals surface area (Å²) in [6.45, 7) is 1.21. The van der Waals surface area contributed by atoms with Gasteiger partial charge in [-0.3, -0.25) is 15.0 Å². The van der Waals surface area contributed by atoms with Gasteiger partial charge in [0.2, 0.25) is 11.8 Å². The monoisotopic (exact) mass is 345 g/mol. The van der Waals surface area contributed by atoms with Crippen LogP contribution >= 0.6 is 0 Å². The zero-order valence-corrected chi connectivity index (χ0v) is 14.3. The number of benzene rings is 1. The number of methoxy groups -OCH3 is 1. The number of carbonyl (C=O) groups is 2. The average Bonchev–Trinajstić information content (AvgIpc) is 3.15. The van der Waals surface area contributed by atoms with Crippen molar-refractivity contribution < 1.29 is 19.1 Å². The van der Waals surface area contributed by atoms with Crippen LogP contribution in [0.4, 0.5) is 0 Å². The molecule has 1 saturated heterocycles. The maximum Gasteiger partial charge on any atom is 0.245 e. The number of hydrazine groups is 1. The van der Waals surface area contributed by atoms with E-state index in [1.165, 1.54) is 5.01 Å². The zero-order valence-electron chi connectivity index (χ0n) is 14.3. The highest BCUT2D eigenvalue weighted by atomic mass is 16.5. The molecule has 2 aliphatic heterocycles. The molecule has 1 atom stereocenters. The zero-order chi connectivity index (χ0) is 17.6. The predicted molar refractivity (Wildman–Crippen MR) is 92.4 cm³/mol. The molecule has 134 valence electrons. The van der Waals surface area contributed by atoms with Crippen molar-refractivity contribution in [3.63, 3.8) is 0 Å². The maximum absolute atomic E-state index is 12.1. The quantitative estimate of drug-likeness (QED) is 0.806. The molecule has 2 aliphatic rings. The molecule has 1 fully saturated rings. The van der Waals surface area contributed by atoms with Gasteiger partial charge in [0.05, 0.1) is 18.9 Å². The van der Waals surface area contributed by atoms with Gasteiger partial charge in [0.1, 0.15) is 12.3 Å². The van der Waals surface area contributed by atoms with Crippen LogP contribution in [0.1, 0.15) is 24.8 Å². The van der Waals surface area contributed by atoms with Crippen molar-refractivity contribution >= 4 is 17.5 Å². The Bertz CT molecular complexity index is 651. The summed E-state index contributed by atoms with van der Waals surface area (Å²) < 4.78 is 10.6. The Balaban J connectivity index is 1.55. The first-order chi connectivity index (χ1) is 12.2. The minimum absolute atomic E-state index is 0.0287. The fourth-order valence-corrected chi connectivity index (χ4v) is 2.87. The molecule has 0 bridgehead atoms. The van der Waals surface area contributed by atoms with Crippen molar-refractivity contribution in [3.05, 3.63) is 35.9 Å². The van der Waals surface area contributed by atoms with Gasteiger partial charge in [-0.2, -0.15) is 0 Å². The minimum Gasteiger partial charge on any atom is -0.497 e. The summed E-state index contributed by atoms with van der Waals surface area (Å²) in [7, 11) is 1.61. The summed E-state index contributed by atoms with van der Waals surface area (Å²) in [5, 5.41) is 4.18. The van der Waals surface area contributed by atoms with Crippen LogP contribution in [0.5, 0.6) is 5.75 Å². The Morgan fingerprint density at radius 3 is 2.88 bits per heavy atom. The van der Waals surface area contributed by atoms with Crippen molar-refractivity contribution in [2.75, 3.05) is 26.8 Å². The van der Waals surface area contributed by atoms with Crippen LogP contribution in [0.2, 0.25) is 0 Å². The van der Waals surface area contributed by atoms with Crippen LogP contribution in [0, 0.1) is 0 Å². The highest BCUT2D eigenvalue weighted by Gasteiger charge is 2.23. The lowest BCUT2D eigenvalue weighted by Gasteiger charge is -2.29. The highest BCUT2D eigenvalue weighted by molar-refractivity contribution is 5.88. The topological polar surface area (TPSA) is 79.9 Å². The largest absolute Gasteiger partial charge is 0.497 e. The number of rotatable bonds is 6. The molecule has 0 aromatic heterocycles. The van der Waals surface area contributed by atoms with Gasteiger partial charge >= 0.3 is 0 Å². The van der Waals surface area contributed by atoms with Gasteiger partial charge in [-0.05, 0) is 48.7 Å². The van der Waals surface area contributed by atoms with Gasteiger partial charge in [-0.1, -0.05) is 0 Å². The van der Waals surface area contributed by atoms with Crippen molar-refractivity contribution in [3.8, 4) is 5.75 Å². The fourth-order valence-electron chi connectivity index (χ4n) is 2.87. The van der Waals surface area contributed by atoms with E-state index in [0.29, 0.717) is 6.54 Å². The van der Waals surface area contributed by atoms with Crippen LogP contribution in [-0.4, -0.2) is 49.7 Å². The number of hydrogen-bond donors (Lipinski definition) is 2. The van der Waals surface area contributed by atoms with Gasteiger partial charge in [-0.15, -0.1) is 0 Å². The molecule has 2 amide bonds. The Hall–Kier alpha value is -2.54. The first-order valence-electron chi connectivity index (χ1n) is 8.45. The summed E-state index contributed by atoms with van der Waals surface area (Å²) in [6, 6.07) is 7.52. The van der Waals surface area contributed by atoms with Gasteiger partial charge < -0.3 is 14.8 Å². The van der Waals surface area contributed by atoms with Crippen LogP contribution in [0.3, 0.4) is 0 Å². The third-order valence-electron chi connectivity index (χ3n) is 4.29. The van der Waals surface area contributed by atoms with E-state index in [2.05, 4.69) is 10.7 Å². The highest BCUT2D eigenvalue weighted by Crippen LogP contribution is 2.20. The van der Waals surface area contributed by atoms with Gasteiger partial charge in [-0.25, -0.2) is 5.01 Å². The SMILES string of the molecule is COc1ccc(C2=CCC(=O)N(CC(=O)NCC3CCCO3)N2)cc1. The van der Waals surface area contributed by atoms with Gasteiger partial charge in [0.25, 0.3) is 0 Å². The lowest BCUT2D eigenvalue weighted by atomic mass is 10.1. The molecule has 0 radical (unpaired) electrons. The molecular formula is C18H23N3O4. The summed E-state index contributed by atoms with van der Waals surface area (Å²) in [5.41, 5.74) is 4.76. The van der Waals surface area contributed by atoms with Crippen LogP contribution in [0.15, 0.2) is 30.3 Å². The van der Waals surface area contributed by atoms with Crippen LogP contribution in [-0.2, 0) is 14.3 Å². The molecule has 7 heteroatoms. The van der Waals surface area contributed by atoms with E-state index in [-0.39, 0.29) is 30.9 Å². The maximum atomic E-state index is 12.1. The van der Waals surface area contributed by atoms with E-state index >= 15 is 0 Å². The smallest absolute Gasteiger partial charge is 0.245 e. The molecule has 2 N–H and O–H groups in total. The standard InChI is InChI=1S/C18H23N3O4/c1-24-14-6-4-13(5-7-14)16-8-9-18(23)21(20-16)12-17(22)19-11-15-3-2-10-25-15/h4-8,15,20H,2-3,9-12H2,1H3,(H,19,22). The van der Waals surface area contributed by atoms with Gasteiger partial charge in [0, 0.05) is 19.6 Å². The van der Waals surface area contributed by atoms with E-state index in [9.17, 15) is 9.59 Å². The molecule has 0 spiro atoms. The lowest BCUT2D eigenvalue weighted by molar-refractivity contribution is -0.138. The molecule has 3 rings (SSSR count). The Morgan fingerprint density at radius 1 is 1.40 bits per heavy atom. The van der Waals surface area contributed by atoms with E-state index in [4.69, 9.17) is 9.47 Å². The van der Waals surface area contributed by atoms with Gasteiger partial charge in [0.15, 0.2) is 0 Å². The number of ether oxygens (including phenoxy) is 2. The van der Waals surface area contributed by atoms with E-state index < -0.39 is 0 Å². The Morgan fingerprint density at radius 2 is 2.20 bits per heavy atom.